The fraction of sp³-hybridized carbons (Fsp3) is 0.286. The van der Waals surface area contributed by atoms with Crippen molar-refractivity contribution < 1.29 is 24.6 Å². The van der Waals surface area contributed by atoms with Crippen LogP contribution < -0.4 is 16.8 Å². The number of nitrogens with zero attached hydrogens (tertiary/aromatic N) is 3. The van der Waals surface area contributed by atoms with Gasteiger partial charge in [0.05, 0.1) is 5.52 Å². The third-order valence-electron chi connectivity index (χ3n) is 4.99. The monoisotopic (exact) mass is 440 g/mol. The number of carboxylic acid groups (broad SMARTS) is 2. The SMILES string of the molecule is Nc1nc(N)c2c(ccn2CCCc2ccc(C(=O)N[C@@H](CCC(=O)O)C(=O)O)cc2)n1. The highest BCUT2D eigenvalue weighted by Gasteiger charge is 2.21. The van der Waals surface area contributed by atoms with Crippen molar-refractivity contribution in [1.82, 2.24) is 19.9 Å². The van der Waals surface area contributed by atoms with Crippen LogP contribution in [0.3, 0.4) is 0 Å². The van der Waals surface area contributed by atoms with E-state index in [1.54, 1.807) is 24.3 Å². The van der Waals surface area contributed by atoms with E-state index in [0.29, 0.717) is 23.4 Å². The lowest BCUT2D eigenvalue weighted by Crippen LogP contribution is -2.41. The Kier molecular flexibility index (Phi) is 6.88. The quantitative estimate of drug-likeness (QED) is 0.309. The average molecular weight is 440 g/mol. The van der Waals surface area contributed by atoms with Gasteiger partial charge in [0.2, 0.25) is 5.95 Å². The minimum Gasteiger partial charge on any atom is -0.481 e. The molecule has 0 unspecified atom stereocenters. The van der Waals surface area contributed by atoms with Gasteiger partial charge in [0.1, 0.15) is 11.6 Å². The van der Waals surface area contributed by atoms with Gasteiger partial charge in [-0.15, -0.1) is 0 Å². The number of nitrogen functional groups attached to an aromatic ring is 2. The van der Waals surface area contributed by atoms with Crippen LogP contribution in [0.2, 0.25) is 0 Å². The molecule has 32 heavy (non-hydrogen) atoms. The van der Waals surface area contributed by atoms with Crippen LogP contribution in [0.5, 0.6) is 0 Å². The molecule has 2 aromatic heterocycles. The van der Waals surface area contributed by atoms with Crippen LogP contribution in [0.15, 0.2) is 36.5 Å². The third-order valence-corrected chi connectivity index (χ3v) is 4.99. The van der Waals surface area contributed by atoms with Gasteiger partial charge in [-0.2, -0.15) is 4.98 Å². The van der Waals surface area contributed by atoms with Crippen molar-refractivity contribution in [1.29, 1.82) is 0 Å². The van der Waals surface area contributed by atoms with Crippen LogP contribution in [-0.4, -0.2) is 48.6 Å². The molecule has 0 saturated heterocycles. The molecule has 11 nitrogen and oxygen atoms in total. The summed E-state index contributed by atoms with van der Waals surface area (Å²) in [5.74, 6) is -2.50. The van der Waals surface area contributed by atoms with Crippen molar-refractivity contribution in [3.05, 3.63) is 47.7 Å². The van der Waals surface area contributed by atoms with Gasteiger partial charge >= 0.3 is 11.9 Å². The Morgan fingerprint density at radius 3 is 2.44 bits per heavy atom. The Morgan fingerprint density at radius 2 is 1.78 bits per heavy atom. The van der Waals surface area contributed by atoms with E-state index in [1.807, 2.05) is 16.8 Å². The lowest BCUT2D eigenvalue weighted by atomic mass is 10.1. The predicted molar refractivity (Wildman–Crippen MR) is 117 cm³/mol. The van der Waals surface area contributed by atoms with Gasteiger partial charge in [-0.05, 0) is 43.0 Å². The zero-order valence-electron chi connectivity index (χ0n) is 17.2. The molecule has 0 bridgehead atoms. The third kappa shape index (κ3) is 5.50. The van der Waals surface area contributed by atoms with Gasteiger partial charge in [-0.1, -0.05) is 12.1 Å². The van der Waals surface area contributed by atoms with Gasteiger partial charge in [0.15, 0.2) is 5.82 Å². The summed E-state index contributed by atoms with van der Waals surface area (Å²) in [6.07, 6.45) is 2.89. The van der Waals surface area contributed by atoms with E-state index in [1.165, 1.54) is 0 Å². The van der Waals surface area contributed by atoms with Gasteiger partial charge in [-0.25, -0.2) is 9.78 Å². The molecule has 0 aliphatic carbocycles. The van der Waals surface area contributed by atoms with Gasteiger partial charge in [0.25, 0.3) is 5.91 Å². The number of rotatable bonds is 10. The molecule has 0 radical (unpaired) electrons. The van der Waals surface area contributed by atoms with E-state index >= 15 is 0 Å². The second-order valence-electron chi connectivity index (χ2n) is 7.31. The molecule has 0 spiro atoms. The number of aromatic nitrogens is 3. The lowest BCUT2D eigenvalue weighted by Gasteiger charge is -2.13. The number of aliphatic carboxylic acids is 2. The van der Waals surface area contributed by atoms with Crippen LogP contribution in [0, 0.1) is 0 Å². The molecule has 0 fully saturated rings. The van der Waals surface area contributed by atoms with Gasteiger partial charge in [0, 0.05) is 24.7 Å². The zero-order chi connectivity index (χ0) is 23.3. The maximum absolute atomic E-state index is 12.3. The van der Waals surface area contributed by atoms with E-state index in [-0.39, 0.29) is 18.8 Å². The minimum absolute atomic E-state index is 0.133. The van der Waals surface area contributed by atoms with Crippen LogP contribution in [0.25, 0.3) is 11.0 Å². The summed E-state index contributed by atoms with van der Waals surface area (Å²) in [5.41, 5.74) is 14.3. The summed E-state index contributed by atoms with van der Waals surface area (Å²) in [5, 5.41) is 20.2. The van der Waals surface area contributed by atoms with Crippen molar-refractivity contribution in [2.45, 2.75) is 38.3 Å². The number of hydrogen-bond acceptors (Lipinski definition) is 7. The van der Waals surface area contributed by atoms with Crippen LogP contribution in [0.1, 0.15) is 35.2 Å². The number of anilines is 2. The van der Waals surface area contributed by atoms with Gasteiger partial charge < -0.3 is 31.6 Å². The standard InChI is InChI=1S/C21H24N6O5/c22-18-17-14(25-21(23)26-18)9-11-27(17)10-1-2-12-3-5-13(6-4-12)19(30)24-15(20(31)32)7-8-16(28)29/h3-6,9,11,15H,1-2,7-8,10H2,(H,24,30)(H,28,29)(H,31,32)(H4,22,23,25,26)/t15-/m0/s1. The number of fused-ring (bicyclic) bond motifs is 1. The fourth-order valence-corrected chi connectivity index (χ4v) is 3.38. The first kappa shape index (κ1) is 22.5. The van der Waals surface area contributed by atoms with E-state index < -0.39 is 23.9 Å². The highest BCUT2D eigenvalue weighted by molar-refractivity contribution is 5.96. The number of nitrogens with two attached hydrogens (primary N) is 2. The molecule has 3 aromatic rings. The first-order chi connectivity index (χ1) is 15.2. The minimum atomic E-state index is -1.28. The van der Waals surface area contributed by atoms with Crippen molar-refractivity contribution in [2.24, 2.45) is 0 Å². The molecule has 1 atom stereocenters. The summed E-state index contributed by atoms with van der Waals surface area (Å²) in [4.78, 5) is 42.4. The number of benzene rings is 1. The number of carbonyl (C=O) groups excluding carboxylic acids is 1. The summed E-state index contributed by atoms with van der Waals surface area (Å²) in [6, 6.07) is 7.39. The molecular formula is C21H24N6O5. The average Bonchev–Trinajstić information content (AvgIpc) is 3.14. The molecule has 168 valence electrons. The summed E-state index contributed by atoms with van der Waals surface area (Å²) in [7, 11) is 0. The van der Waals surface area contributed by atoms with Crippen LogP contribution >= 0.6 is 0 Å². The fourth-order valence-electron chi connectivity index (χ4n) is 3.38. The number of nitrogens with one attached hydrogen (secondary N) is 1. The van der Waals surface area contributed by atoms with E-state index in [4.69, 9.17) is 21.7 Å². The molecule has 0 aliphatic rings. The normalized spacial score (nSPS) is 11.9. The smallest absolute Gasteiger partial charge is 0.326 e. The molecule has 0 saturated carbocycles. The summed E-state index contributed by atoms with van der Waals surface area (Å²) in [6.45, 7) is 0.688. The molecule has 1 aromatic carbocycles. The van der Waals surface area contributed by atoms with E-state index in [2.05, 4.69) is 15.3 Å². The molecule has 1 amide bonds. The van der Waals surface area contributed by atoms with Crippen LogP contribution in [0.4, 0.5) is 11.8 Å². The Labute approximate surface area is 183 Å². The van der Waals surface area contributed by atoms with Crippen molar-refractivity contribution >= 4 is 40.6 Å². The lowest BCUT2D eigenvalue weighted by molar-refractivity contribution is -0.140. The van der Waals surface area contributed by atoms with Crippen molar-refractivity contribution in [3.63, 3.8) is 0 Å². The second-order valence-corrected chi connectivity index (χ2v) is 7.31. The molecule has 3 rings (SSSR count). The van der Waals surface area contributed by atoms with Gasteiger partial charge in [-0.3, -0.25) is 9.59 Å². The Morgan fingerprint density at radius 1 is 1.06 bits per heavy atom. The molecule has 2 heterocycles. The first-order valence-corrected chi connectivity index (χ1v) is 9.97. The Bertz CT molecular complexity index is 1140. The highest BCUT2D eigenvalue weighted by atomic mass is 16.4. The molecule has 11 heteroatoms. The Balaban J connectivity index is 1.56. The first-order valence-electron chi connectivity index (χ1n) is 9.97. The van der Waals surface area contributed by atoms with E-state index in [0.717, 1.165) is 23.9 Å². The molecular weight excluding hydrogens is 416 g/mol. The molecule has 0 aliphatic heterocycles. The summed E-state index contributed by atoms with van der Waals surface area (Å²) >= 11 is 0. The zero-order valence-corrected chi connectivity index (χ0v) is 17.2. The van der Waals surface area contributed by atoms with Crippen molar-refractivity contribution in [3.8, 4) is 0 Å². The highest BCUT2D eigenvalue weighted by Crippen LogP contribution is 2.20. The number of carboxylic acids is 2. The largest absolute Gasteiger partial charge is 0.481 e. The second kappa shape index (κ2) is 9.77. The number of amides is 1. The van der Waals surface area contributed by atoms with E-state index in [9.17, 15) is 14.4 Å². The predicted octanol–water partition coefficient (Wildman–Crippen LogP) is 1.28. The topological polar surface area (TPSA) is 186 Å². The number of aryl methyl sites for hydroxylation is 2. The maximum atomic E-state index is 12.3. The van der Waals surface area contributed by atoms with Crippen molar-refractivity contribution in [2.75, 3.05) is 11.5 Å². The molecule has 7 N–H and O–H groups in total. The summed E-state index contributed by atoms with van der Waals surface area (Å²) < 4.78 is 1.97. The Hall–Kier alpha value is -4.15. The maximum Gasteiger partial charge on any atom is 0.326 e. The van der Waals surface area contributed by atoms with Crippen LogP contribution in [-0.2, 0) is 22.6 Å². The number of carbonyl (C=O) groups is 3. The number of hydrogen-bond donors (Lipinski definition) is 5.